The SMILES string of the molecule is C=CC(=O)OCCCCCCOC.C=CC(=O)OCCCCOC.CCCCCC(=O)OC.CCCCCCOC.CCCCOC(=O)OC.Cc1ccc(-c2nc(C)no2)cc1. The summed E-state index contributed by atoms with van der Waals surface area (Å²) >= 11 is 0. The van der Waals surface area contributed by atoms with Gasteiger partial charge >= 0.3 is 24.1 Å². The molecule has 0 aliphatic rings. The molecule has 0 saturated heterocycles. The number of ether oxygens (including phenoxy) is 8. The molecule has 0 amide bonds. The van der Waals surface area contributed by atoms with Gasteiger partial charge in [-0.25, -0.2) is 14.4 Å². The molecule has 0 aliphatic carbocycles. The van der Waals surface area contributed by atoms with Crippen LogP contribution in [0.1, 0.15) is 135 Å². The maximum absolute atomic E-state index is 10.6. The molecule has 0 atom stereocenters. The summed E-state index contributed by atoms with van der Waals surface area (Å²) in [6, 6.07) is 7.99. The van der Waals surface area contributed by atoms with Crippen LogP contribution in [0.2, 0.25) is 0 Å². The zero-order valence-corrected chi connectivity index (χ0v) is 40.6. The Morgan fingerprint density at radius 2 is 0.984 bits per heavy atom. The van der Waals surface area contributed by atoms with Crippen LogP contribution in [0.4, 0.5) is 4.79 Å². The Morgan fingerprint density at radius 1 is 0.556 bits per heavy atom. The molecule has 364 valence electrons. The summed E-state index contributed by atoms with van der Waals surface area (Å²) < 4.78 is 42.4. The lowest BCUT2D eigenvalue weighted by atomic mass is 10.1. The molecular formula is C48H84N2O13. The van der Waals surface area contributed by atoms with Gasteiger partial charge in [-0.2, -0.15) is 4.98 Å². The van der Waals surface area contributed by atoms with Gasteiger partial charge in [-0.05, 0) is 77.3 Å². The molecule has 1 aromatic heterocycles. The van der Waals surface area contributed by atoms with Crippen molar-refractivity contribution in [2.45, 2.75) is 137 Å². The molecule has 15 heteroatoms. The minimum absolute atomic E-state index is 0.0940. The van der Waals surface area contributed by atoms with Crippen molar-refractivity contribution in [1.82, 2.24) is 10.1 Å². The van der Waals surface area contributed by atoms with Crippen LogP contribution in [0.15, 0.2) is 54.1 Å². The molecule has 0 fully saturated rings. The zero-order valence-electron chi connectivity index (χ0n) is 40.6. The highest BCUT2D eigenvalue weighted by Crippen LogP contribution is 2.17. The van der Waals surface area contributed by atoms with E-state index in [0.29, 0.717) is 44.6 Å². The number of nitrogens with zero attached hydrogens (tertiary/aromatic N) is 2. The van der Waals surface area contributed by atoms with E-state index in [4.69, 9.17) is 28.2 Å². The Labute approximate surface area is 379 Å². The number of esters is 3. The number of rotatable bonds is 27. The third-order valence-corrected chi connectivity index (χ3v) is 7.93. The van der Waals surface area contributed by atoms with E-state index in [9.17, 15) is 19.2 Å². The quantitative estimate of drug-likeness (QED) is 0.0357. The predicted octanol–water partition coefficient (Wildman–Crippen LogP) is 10.9. The van der Waals surface area contributed by atoms with Gasteiger partial charge in [0.25, 0.3) is 5.89 Å². The molecule has 0 bridgehead atoms. The summed E-state index contributed by atoms with van der Waals surface area (Å²) in [5, 5.41) is 3.73. The Bertz CT molecular complexity index is 1310. The topological polar surface area (TPSA) is 181 Å². The molecule has 0 saturated carbocycles. The Kier molecular flexibility index (Phi) is 55.3. The minimum atomic E-state index is -0.594. The Hall–Kier alpha value is -4.60. The lowest BCUT2D eigenvalue weighted by Gasteiger charge is -2.01. The standard InChI is InChI=1S/C10H10N2O.C10H18O3.C8H14O3.C7H14O2.C7H16O.C6H12O3/c1-7-3-5-9(6-4-7)10-11-8(2)12-13-10;1-3-10(11)13-9-7-5-4-6-8-12-2;1-3-8(9)11-7-5-4-6-10-2;1-3-4-5-6-7(8)9-2;1-3-4-5-6-7-8-2;1-3-4-5-9-6(7)8-2/h3-6H,1-2H3;3H,1,4-9H2,2H3;3H,1,4-7H2,2H3;3-6H2,1-2H3;3-7H2,1-2H3;3-5H2,1-2H3. The van der Waals surface area contributed by atoms with E-state index in [1.807, 2.05) is 38.1 Å². The fraction of sp³-hybridized carbons (Fsp3) is 0.667. The smallest absolute Gasteiger partial charge is 0.469 e. The van der Waals surface area contributed by atoms with E-state index in [-0.39, 0.29) is 17.9 Å². The first kappa shape index (κ1) is 65.0. The summed E-state index contributed by atoms with van der Waals surface area (Å²) in [7, 11) is 7.83. The number of hydrogen-bond donors (Lipinski definition) is 0. The van der Waals surface area contributed by atoms with Gasteiger partial charge in [0, 0.05) is 65.3 Å². The van der Waals surface area contributed by atoms with E-state index in [0.717, 1.165) is 95.5 Å². The van der Waals surface area contributed by atoms with Crippen molar-refractivity contribution in [1.29, 1.82) is 0 Å². The van der Waals surface area contributed by atoms with Crippen molar-refractivity contribution in [3.05, 3.63) is 61.0 Å². The van der Waals surface area contributed by atoms with Crippen molar-refractivity contribution < 1.29 is 61.6 Å². The van der Waals surface area contributed by atoms with E-state index in [2.05, 4.69) is 51.4 Å². The second-order valence-corrected chi connectivity index (χ2v) is 13.6. The van der Waals surface area contributed by atoms with Gasteiger partial charge in [-0.3, -0.25) is 4.79 Å². The number of carbonyl (C=O) groups excluding carboxylic acids is 4. The highest BCUT2D eigenvalue weighted by atomic mass is 16.7. The van der Waals surface area contributed by atoms with Crippen LogP contribution in [0.25, 0.3) is 11.5 Å². The van der Waals surface area contributed by atoms with Crippen molar-refractivity contribution in [3.8, 4) is 11.5 Å². The maximum atomic E-state index is 10.6. The van der Waals surface area contributed by atoms with Crippen molar-refractivity contribution in [3.63, 3.8) is 0 Å². The lowest BCUT2D eigenvalue weighted by molar-refractivity contribution is -0.141. The van der Waals surface area contributed by atoms with E-state index < -0.39 is 6.16 Å². The Balaban J connectivity index is -0.000000335. The number of aryl methyl sites for hydroxylation is 2. The normalized spacial score (nSPS) is 9.49. The first-order valence-corrected chi connectivity index (χ1v) is 22.1. The summed E-state index contributed by atoms with van der Waals surface area (Å²) in [5.41, 5.74) is 2.19. The number of carbonyl (C=O) groups is 4. The predicted molar refractivity (Wildman–Crippen MR) is 248 cm³/mol. The maximum Gasteiger partial charge on any atom is 0.507 e. The number of methoxy groups -OCH3 is 5. The number of aromatic nitrogens is 2. The van der Waals surface area contributed by atoms with Gasteiger partial charge < -0.3 is 42.4 Å². The van der Waals surface area contributed by atoms with Crippen molar-refractivity contribution in [2.24, 2.45) is 0 Å². The Morgan fingerprint density at radius 3 is 1.40 bits per heavy atom. The first-order valence-electron chi connectivity index (χ1n) is 22.1. The average molecular weight is 897 g/mol. The van der Waals surface area contributed by atoms with Crippen LogP contribution in [-0.2, 0) is 52.3 Å². The summed E-state index contributed by atoms with van der Waals surface area (Å²) in [6.45, 7) is 20.7. The zero-order chi connectivity index (χ0) is 48.2. The lowest BCUT2D eigenvalue weighted by Crippen LogP contribution is -2.04. The number of hydrogen-bond acceptors (Lipinski definition) is 15. The van der Waals surface area contributed by atoms with Crippen molar-refractivity contribution >= 4 is 24.1 Å². The van der Waals surface area contributed by atoms with Gasteiger partial charge in [0.05, 0.1) is 34.0 Å². The molecular weight excluding hydrogens is 813 g/mol. The third-order valence-electron chi connectivity index (χ3n) is 7.93. The fourth-order valence-electron chi connectivity index (χ4n) is 4.28. The van der Waals surface area contributed by atoms with E-state index in [1.54, 1.807) is 28.3 Å². The number of unbranched alkanes of at least 4 members (excludes halogenated alkanes) is 10. The molecule has 0 radical (unpaired) electrons. The molecule has 2 aromatic rings. The van der Waals surface area contributed by atoms with Gasteiger partial charge in [0.1, 0.15) is 0 Å². The van der Waals surface area contributed by atoms with Crippen LogP contribution >= 0.6 is 0 Å². The average Bonchev–Trinajstić information content (AvgIpc) is 3.74. The molecule has 2 rings (SSSR count). The van der Waals surface area contributed by atoms with Gasteiger partial charge in [0.2, 0.25) is 0 Å². The van der Waals surface area contributed by atoms with Crippen LogP contribution in [0.5, 0.6) is 0 Å². The monoisotopic (exact) mass is 897 g/mol. The summed E-state index contributed by atoms with van der Waals surface area (Å²) in [6.07, 6.45) is 18.6. The van der Waals surface area contributed by atoms with Crippen molar-refractivity contribution in [2.75, 3.05) is 75.2 Å². The van der Waals surface area contributed by atoms with Gasteiger partial charge in [0.15, 0.2) is 5.82 Å². The summed E-state index contributed by atoms with van der Waals surface area (Å²) in [4.78, 5) is 45.9. The molecule has 0 unspecified atom stereocenters. The van der Waals surface area contributed by atoms with Crippen LogP contribution in [0, 0.1) is 13.8 Å². The van der Waals surface area contributed by atoms with Crippen LogP contribution in [0.3, 0.4) is 0 Å². The highest BCUT2D eigenvalue weighted by molar-refractivity contribution is 5.81. The molecule has 0 aliphatic heterocycles. The van der Waals surface area contributed by atoms with Crippen LogP contribution < -0.4 is 0 Å². The van der Waals surface area contributed by atoms with E-state index in [1.165, 1.54) is 51.5 Å². The van der Waals surface area contributed by atoms with Gasteiger partial charge in [-0.15, -0.1) is 0 Å². The molecule has 0 N–H and O–H groups in total. The molecule has 0 spiro atoms. The summed E-state index contributed by atoms with van der Waals surface area (Å²) in [5.74, 6) is 0.454. The van der Waals surface area contributed by atoms with Gasteiger partial charge in [-0.1, -0.05) is 102 Å². The van der Waals surface area contributed by atoms with E-state index >= 15 is 0 Å². The fourth-order valence-corrected chi connectivity index (χ4v) is 4.28. The number of benzene rings is 1. The molecule has 1 heterocycles. The molecule has 15 nitrogen and oxygen atoms in total. The second kappa shape index (κ2) is 53.5. The third kappa shape index (κ3) is 53.5. The molecule has 63 heavy (non-hydrogen) atoms. The second-order valence-electron chi connectivity index (χ2n) is 13.6. The molecule has 1 aromatic carbocycles. The minimum Gasteiger partial charge on any atom is -0.469 e. The largest absolute Gasteiger partial charge is 0.507 e. The first-order chi connectivity index (χ1) is 30.4. The van der Waals surface area contributed by atoms with Crippen LogP contribution in [-0.4, -0.2) is 109 Å². The highest BCUT2D eigenvalue weighted by Gasteiger charge is 2.04.